The van der Waals surface area contributed by atoms with Crippen LogP contribution in [0, 0.1) is 10.1 Å². The summed E-state index contributed by atoms with van der Waals surface area (Å²) in [5, 5.41) is 11.1. The highest BCUT2D eigenvalue weighted by atomic mass is 32.2. The van der Waals surface area contributed by atoms with E-state index in [1.807, 2.05) is 29.0 Å². The van der Waals surface area contributed by atoms with Gasteiger partial charge in [-0.25, -0.2) is 0 Å². The molecule has 0 unspecified atom stereocenters. The Balaban J connectivity index is 1.74. The maximum Gasteiger partial charge on any atom is 0.270 e. The zero-order valence-corrected chi connectivity index (χ0v) is 18.4. The minimum absolute atomic E-state index is 0.0478. The van der Waals surface area contributed by atoms with Gasteiger partial charge in [0.25, 0.3) is 5.69 Å². The predicted molar refractivity (Wildman–Crippen MR) is 122 cm³/mol. The number of thioether (sulfide) groups is 2. The topological polar surface area (TPSA) is 77.5 Å². The normalized spacial score (nSPS) is 11.8. The summed E-state index contributed by atoms with van der Waals surface area (Å²) in [5.41, 5.74) is 0.924. The molecule has 152 valence electrons. The third-order valence-electron chi connectivity index (χ3n) is 4.16. The first-order valence-electron chi connectivity index (χ1n) is 9.10. The van der Waals surface area contributed by atoms with Gasteiger partial charge in [-0.2, -0.15) is 16.8 Å². The largest absolute Gasteiger partial charge is 0.316 e. The zero-order chi connectivity index (χ0) is 20.6. The van der Waals surface area contributed by atoms with Gasteiger partial charge < -0.3 is 4.57 Å². The van der Waals surface area contributed by atoms with Crippen molar-refractivity contribution in [3.8, 4) is 0 Å². The van der Waals surface area contributed by atoms with Crippen LogP contribution >= 0.6 is 34.9 Å². The molecule has 1 heterocycles. The number of carbonyl (C=O) groups excluding carboxylic acids is 1. The van der Waals surface area contributed by atoms with E-state index in [-0.39, 0.29) is 11.6 Å². The van der Waals surface area contributed by atoms with Crippen molar-refractivity contribution in [1.82, 2.24) is 4.57 Å². The van der Waals surface area contributed by atoms with Crippen molar-refractivity contribution in [2.75, 3.05) is 17.8 Å². The van der Waals surface area contributed by atoms with Crippen LogP contribution in [0.2, 0.25) is 0 Å². The number of rotatable bonds is 9. The third-order valence-corrected chi connectivity index (χ3v) is 6.89. The molecule has 0 bridgehead atoms. The summed E-state index contributed by atoms with van der Waals surface area (Å²) < 4.78 is 2.75. The summed E-state index contributed by atoms with van der Waals surface area (Å²) in [5.74, 6) is 1.58. The molecule has 2 aromatic carbocycles. The maximum absolute atomic E-state index is 12.4. The van der Waals surface area contributed by atoms with Crippen molar-refractivity contribution < 1.29 is 9.72 Å². The van der Waals surface area contributed by atoms with Crippen molar-refractivity contribution in [2.45, 2.75) is 24.3 Å². The average molecular weight is 448 g/mol. The second-order valence-electron chi connectivity index (χ2n) is 6.21. The number of nitro benzene ring substituents is 1. The van der Waals surface area contributed by atoms with E-state index in [0.29, 0.717) is 17.8 Å². The second kappa shape index (κ2) is 10.6. The highest BCUT2D eigenvalue weighted by Crippen LogP contribution is 2.23. The van der Waals surface area contributed by atoms with E-state index in [9.17, 15) is 14.9 Å². The van der Waals surface area contributed by atoms with Crippen LogP contribution in [0.25, 0.3) is 10.2 Å². The van der Waals surface area contributed by atoms with Gasteiger partial charge in [0.15, 0.2) is 4.80 Å². The number of aromatic nitrogens is 1. The lowest BCUT2D eigenvalue weighted by Crippen LogP contribution is -2.18. The Morgan fingerprint density at radius 3 is 2.72 bits per heavy atom. The molecular weight excluding hydrogens is 426 g/mol. The summed E-state index contributed by atoms with van der Waals surface area (Å²) in [6, 6.07) is 14.9. The van der Waals surface area contributed by atoms with Gasteiger partial charge in [-0.1, -0.05) is 29.5 Å². The van der Waals surface area contributed by atoms with Gasteiger partial charge in [0.05, 0.1) is 15.1 Å². The van der Waals surface area contributed by atoms with Crippen LogP contribution in [-0.2, 0) is 11.3 Å². The lowest BCUT2D eigenvalue weighted by Gasteiger charge is -2.03. The lowest BCUT2D eigenvalue weighted by molar-refractivity contribution is -0.384. The molecule has 0 saturated carbocycles. The third kappa shape index (κ3) is 5.94. The Hall–Kier alpha value is -2.10. The van der Waals surface area contributed by atoms with Crippen LogP contribution < -0.4 is 4.80 Å². The molecule has 0 fully saturated rings. The maximum atomic E-state index is 12.4. The van der Waals surface area contributed by atoms with Gasteiger partial charge in [-0.05, 0) is 36.6 Å². The lowest BCUT2D eigenvalue weighted by atomic mass is 10.3. The Labute approximate surface area is 181 Å². The molecule has 0 spiro atoms. The molecule has 0 atom stereocenters. The molecular formula is C20H21N3O3S3. The number of hydrogen-bond acceptors (Lipinski definition) is 6. The van der Waals surface area contributed by atoms with Crippen LogP contribution in [0.4, 0.5) is 5.69 Å². The molecule has 6 nitrogen and oxygen atoms in total. The van der Waals surface area contributed by atoms with E-state index in [1.54, 1.807) is 35.7 Å². The summed E-state index contributed by atoms with van der Waals surface area (Å²) in [6.07, 6.45) is 3.16. The minimum Gasteiger partial charge on any atom is -0.316 e. The number of non-ortho nitro benzene ring substituents is 1. The molecule has 0 N–H and O–H groups in total. The molecule has 0 aliphatic heterocycles. The first-order chi connectivity index (χ1) is 14.1. The molecule has 0 saturated heterocycles. The number of hydrogen-bond donors (Lipinski definition) is 0. The molecule has 1 aromatic heterocycles. The van der Waals surface area contributed by atoms with Crippen molar-refractivity contribution in [1.29, 1.82) is 0 Å². The number of nitro groups is 1. The van der Waals surface area contributed by atoms with E-state index >= 15 is 0 Å². The molecule has 3 rings (SSSR count). The summed E-state index contributed by atoms with van der Waals surface area (Å²) in [6.45, 7) is 0.703. The second-order valence-corrected chi connectivity index (χ2v) is 9.37. The Morgan fingerprint density at radius 2 is 2.00 bits per heavy atom. The molecule has 1 amide bonds. The Morgan fingerprint density at radius 1 is 1.21 bits per heavy atom. The fraction of sp³-hybridized carbons (Fsp3) is 0.300. The van der Waals surface area contributed by atoms with Gasteiger partial charge in [0.2, 0.25) is 5.91 Å². The highest BCUT2D eigenvalue weighted by molar-refractivity contribution is 7.99. The molecule has 9 heteroatoms. The van der Waals surface area contributed by atoms with E-state index < -0.39 is 4.92 Å². The van der Waals surface area contributed by atoms with E-state index in [1.165, 1.54) is 22.3 Å². The molecule has 0 aliphatic rings. The summed E-state index contributed by atoms with van der Waals surface area (Å²) in [7, 11) is 0. The number of amides is 1. The van der Waals surface area contributed by atoms with Crippen LogP contribution in [0.3, 0.4) is 0 Å². The van der Waals surface area contributed by atoms with Gasteiger partial charge >= 0.3 is 0 Å². The smallest absolute Gasteiger partial charge is 0.270 e. The number of fused-ring (bicyclic) bond motifs is 1. The van der Waals surface area contributed by atoms with Crippen LogP contribution in [0.5, 0.6) is 0 Å². The molecule has 29 heavy (non-hydrogen) atoms. The van der Waals surface area contributed by atoms with E-state index in [2.05, 4.69) is 17.1 Å². The fourth-order valence-electron chi connectivity index (χ4n) is 2.75. The van der Waals surface area contributed by atoms with E-state index in [4.69, 9.17) is 0 Å². The van der Waals surface area contributed by atoms with Crippen LogP contribution in [0.15, 0.2) is 58.4 Å². The van der Waals surface area contributed by atoms with Gasteiger partial charge in [-0.3, -0.25) is 14.9 Å². The average Bonchev–Trinajstić information content (AvgIpc) is 3.06. The number of nitrogens with zero attached hydrogens (tertiary/aromatic N) is 3. The fourth-order valence-corrected chi connectivity index (χ4v) is 5.10. The number of aryl methyl sites for hydroxylation is 1. The number of carbonyl (C=O) groups is 1. The first kappa shape index (κ1) is 21.6. The Kier molecular flexibility index (Phi) is 7.91. The minimum atomic E-state index is -0.405. The van der Waals surface area contributed by atoms with Gasteiger partial charge in [0.1, 0.15) is 0 Å². The van der Waals surface area contributed by atoms with Crippen molar-refractivity contribution in [3.63, 3.8) is 0 Å². The molecule has 0 aliphatic carbocycles. The van der Waals surface area contributed by atoms with Crippen molar-refractivity contribution >= 4 is 56.7 Å². The van der Waals surface area contributed by atoms with Crippen LogP contribution in [-0.4, -0.2) is 33.2 Å². The highest BCUT2D eigenvalue weighted by Gasteiger charge is 2.12. The number of benzene rings is 2. The van der Waals surface area contributed by atoms with E-state index in [0.717, 1.165) is 28.1 Å². The summed E-state index contributed by atoms with van der Waals surface area (Å²) >= 11 is 4.76. The molecule has 0 radical (unpaired) electrons. The van der Waals surface area contributed by atoms with Crippen molar-refractivity contribution in [3.05, 3.63) is 63.4 Å². The van der Waals surface area contributed by atoms with Gasteiger partial charge in [-0.15, -0.1) is 11.8 Å². The van der Waals surface area contributed by atoms with Gasteiger partial charge in [0, 0.05) is 35.7 Å². The molecule has 3 aromatic rings. The number of thiazole rings is 1. The predicted octanol–water partition coefficient (Wildman–Crippen LogP) is 4.97. The zero-order valence-electron chi connectivity index (χ0n) is 15.9. The standard InChI is InChI=1S/C20H21N3O3S3/c1-27-13-11-22-17-10-9-15(23(25)26)14-18(17)29-20(22)21-19(24)8-5-12-28-16-6-3-2-4-7-16/h2-4,6-7,9-10,14H,5,8,11-13H2,1H3. The quantitative estimate of drug-likeness (QED) is 0.200. The van der Waals surface area contributed by atoms with Crippen LogP contribution in [0.1, 0.15) is 12.8 Å². The first-order valence-corrected chi connectivity index (χ1v) is 12.3. The monoisotopic (exact) mass is 447 g/mol. The summed E-state index contributed by atoms with van der Waals surface area (Å²) in [4.78, 5) is 29.2. The van der Waals surface area contributed by atoms with Crippen molar-refractivity contribution in [2.24, 2.45) is 4.99 Å². The SMILES string of the molecule is CSCCn1c(=NC(=O)CCCSc2ccccc2)sc2cc([N+](=O)[O-])ccc21. The Bertz CT molecular complexity index is 1060.